The smallest absolute Gasteiger partial charge is 0.264 e. The van der Waals surface area contributed by atoms with Crippen molar-refractivity contribution in [3.8, 4) is 0 Å². The van der Waals surface area contributed by atoms with Gasteiger partial charge in [-0.05, 0) is 48.4 Å². The average molecular weight is 524 g/mol. The molecular formula is C24H24Cl2N2O3S2. The first kappa shape index (κ1) is 25.4. The van der Waals surface area contributed by atoms with Gasteiger partial charge in [0.15, 0.2) is 0 Å². The minimum absolute atomic E-state index is 0.104. The predicted octanol–water partition coefficient (Wildman–Crippen LogP) is 5.55. The van der Waals surface area contributed by atoms with Gasteiger partial charge < -0.3 is 5.32 Å². The number of rotatable bonds is 10. The Morgan fingerprint density at radius 1 is 0.939 bits per heavy atom. The largest absolute Gasteiger partial charge is 0.354 e. The topological polar surface area (TPSA) is 66.5 Å². The zero-order chi connectivity index (χ0) is 23.8. The van der Waals surface area contributed by atoms with Gasteiger partial charge in [0.1, 0.15) is 6.54 Å². The Morgan fingerprint density at radius 2 is 1.61 bits per heavy atom. The van der Waals surface area contributed by atoms with E-state index in [1.807, 2.05) is 24.3 Å². The quantitative estimate of drug-likeness (QED) is 0.354. The number of sulfonamides is 1. The highest BCUT2D eigenvalue weighted by Gasteiger charge is 2.28. The zero-order valence-corrected chi connectivity index (χ0v) is 21.1. The molecule has 3 aromatic carbocycles. The summed E-state index contributed by atoms with van der Waals surface area (Å²) in [6, 6.07) is 20.7. The molecule has 9 heteroatoms. The van der Waals surface area contributed by atoms with Crippen LogP contribution in [0.3, 0.4) is 0 Å². The highest BCUT2D eigenvalue weighted by molar-refractivity contribution is 7.98. The molecule has 0 aliphatic carbocycles. The summed E-state index contributed by atoms with van der Waals surface area (Å²) in [6.07, 6.45) is 0. The summed E-state index contributed by atoms with van der Waals surface area (Å²) >= 11 is 14.0. The maximum Gasteiger partial charge on any atom is 0.264 e. The molecule has 0 bridgehead atoms. The molecule has 0 saturated carbocycles. The summed E-state index contributed by atoms with van der Waals surface area (Å²) < 4.78 is 27.9. The van der Waals surface area contributed by atoms with Crippen molar-refractivity contribution in [2.24, 2.45) is 0 Å². The Bertz CT molecular complexity index is 1210. The van der Waals surface area contributed by atoms with Crippen LogP contribution in [0.4, 0.5) is 5.69 Å². The molecule has 0 aliphatic rings. The molecule has 3 aromatic rings. The number of nitrogens with zero attached hydrogens (tertiary/aromatic N) is 1. The lowest BCUT2D eigenvalue weighted by atomic mass is 10.2. The van der Waals surface area contributed by atoms with Crippen LogP contribution in [0.2, 0.25) is 10.0 Å². The summed E-state index contributed by atoms with van der Waals surface area (Å²) in [4.78, 5) is 12.8. The molecule has 174 valence electrons. The van der Waals surface area contributed by atoms with Gasteiger partial charge >= 0.3 is 0 Å². The Balaban J connectivity index is 1.68. The van der Waals surface area contributed by atoms with E-state index in [1.54, 1.807) is 55.1 Å². The minimum atomic E-state index is -3.97. The van der Waals surface area contributed by atoms with Crippen molar-refractivity contribution in [2.75, 3.05) is 23.1 Å². The van der Waals surface area contributed by atoms with E-state index in [9.17, 15) is 13.2 Å². The summed E-state index contributed by atoms with van der Waals surface area (Å²) in [5, 5.41) is 3.95. The van der Waals surface area contributed by atoms with Gasteiger partial charge in [-0.15, -0.1) is 0 Å². The molecule has 0 fully saturated rings. The number of amides is 1. The van der Waals surface area contributed by atoms with Crippen molar-refractivity contribution in [1.29, 1.82) is 0 Å². The van der Waals surface area contributed by atoms with Crippen molar-refractivity contribution in [1.82, 2.24) is 5.32 Å². The zero-order valence-electron chi connectivity index (χ0n) is 18.0. The van der Waals surface area contributed by atoms with Crippen molar-refractivity contribution in [2.45, 2.75) is 17.6 Å². The minimum Gasteiger partial charge on any atom is -0.354 e. The molecular weight excluding hydrogens is 499 g/mol. The van der Waals surface area contributed by atoms with Gasteiger partial charge in [0.2, 0.25) is 5.91 Å². The Labute approximate surface area is 209 Å². The fourth-order valence-electron chi connectivity index (χ4n) is 3.13. The standard InChI is InChI=1S/C24H24Cl2N2O3S2/c1-18-21(25)12-7-13-23(18)28(33(30,31)20-9-3-2-4-10-20)16-24(29)27-14-15-32-17-19-8-5-6-11-22(19)26/h2-13H,14-17H2,1H3,(H,27,29). The SMILES string of the molecule is Cc1c(Cl)cccc1N(CC(=O)NCCSCc1ccccc1Cl)S(=O)(=O)c1ccccc1. The molecule has 1 amide bonds. The molecule has 5 nitrogen and oxygen atoms in total. The van der Waals surface area contributed by atoms with Crippen molar-refractivity contribution < 1.29 is 13.2 Å². The number of benzene rings is 3. The van der Waals surface area contributed by atoms with E-state index in [2.05, 4.69) is 5.32 Å². The molecule has 0 aliphatic heterocycles. The summed E-state index contributed by atoms with van der Waals surface area (Å²) in [5.74, 6) is 0.997. The summed E-state index contributed by atoms with van der Waals surface area (Å²) in [7, 11) is -3.97. The van der Waals surface area contributed by atoms with E-state index in [1.165, 1.54) is 12.1 Å². The fraction of sp³-hybridized carbons (Fsp3) is 0.208. The second-order valence-corrected chi connectivity index (χ2v) is 11.0. The van der Waals surface area contributed by atoms with Crippen LogP contribution in [0.15, 0.2) is 77.7 Å². The van der Waals surface area contributed by atoms with Crippen LogP contribution < -0.4 is 9.62 Å². The number of hydrogen-bond acceptors (Lipinski definition) is 4. The third-order valence-electron chi connectivity index (χ3n) is 4.91. The molecule has 0 unspecified atom stereocenters. The average Bonchev–Trinajstić information content (AvgIpc) is 2.81. The third kappa shape index (κ3) is 6.67. The van der Waals surface area contributed by atoms with E-state index in [0.717, 1.165) is 15.6 Å². The number of anilines is 1. The molecule has 0 atom stereocenters. The first-order valence-corrected chi connectivity index (χ1v) is 13.6. The van der Waals surface area contributed by atoms with Crippen LogP contribution in [0.5, 0.6) is 0 Å². The molecule has 0 saturated heterocycles. The van der Waals surface area contributed by atoms with Crippen LogP contribution in [0.25, 0.3) is 0 Å². The normalized spacial score (nSPS) is 11.2. The van der Waals surface area contributed by atoms with E-state index >= 15 is 0 Å². The van der Waals surface area contributed by atoms with Crippen LogP contribution in [-0.4, -0.2) is 33.2 Å². The predicted molar refractivity (Wildman–Crippen MR) is 138 cm³/mol. The fourth-order valence-corrected chi connectivity index (χ4v) is 5.95. The Hall–Kier alpha value is -2.19. The number of hydrogen-bond donors (Lipinski definition) is 1. The maximum atomic E-state index is 13.4. The third-order valence-corrected chi connectivity index (χ3v) is 8.47. The molecule has 0 heterocycles. The van der Waals surface area contributed by atoms with Gasteiger partial charge in [-0.2, -0.15) is 11.8 Å². The molecule has 0 spiro atoms. The first-order chi connectivity index (χ1) is 15.8. The van der Waals surface area contributed by atoms with E-state index in [-0.39, 0.29) is 11.4 Å². The van der Waals surface area contributed by atoms with Gasteiger partial charge in [0, 0.05) is 28.1 Å². The van der Waals surface area contributed by atoms with Crippen LogP contribution in [0, 0.1) is 6.92 Å². The van der Waals surface area contributed by atoms with Crippen molar-refractivity contribution in [3.05, 3.63) is 94.0 Å². The van der Waals surface area contributed by atoms with Gasteiger partial charge in [0.05, 0.1) is 10.6 Å². The molecule has 3 rings (SSSR count). The maximum absolute atomic E-state index is 13.4. The monoisotopic (exact) mass is 522 g/mol. The Kier molecular flexibility index (Phi) is 9.09. The van der Waals surface area contributed by atoms with Gasteiger partial charge in [-0.25, -0.2) is 8.42 Å². The second-order valence-electron chi connectivity index (χ2n) is 7.20. The molecule has 1 N–H and O–H groups in total. The number of nitrogens with one attached hydrogen (secondary N) is 1. The summed E-state index contributed by atoms with van der Waals surface area (Å²) in [6.45, 7) is 1.78. The lowest BCUT2D eigenvalue weighted by Gasteiger charge is -2.26. The first-order valence-electron chi connectivity index (χ1n) is 10.2. The van der Waals surface area contributed by atoms with E-state index in [4.69, 9.17) is 23.2 Å². The van der Waals surface area contributed by atoms with Crippen LogP contribution in [-0.2, 0) is 20.6 Å². The molecule has 0 aromatic heterocycles. The van der Waals surface area contributed by atoms with Gasteiger partial charge in [-0.1, -0.05) is 65.7 Å². The lowest BCUT2D eigenvalue weighted by Crippen LogP contribution is -2.41. The summed E-state index contributed by atoms with van der Waals surface area (Å²) in [5.41, 5.74) is 1.99. The van der Waals surface area contributed by atoms with Crippen molar-refractivity contribution in [3.63, 3.8) is 0 Å². The second kappa shape index (κ2) is 11.8. The molecule has 0 radical (unpaired) electrons. The number of carbonyl (C=O) groups is 1. The number of halogens is 2. The van der Waals surface area contributed by atoms with Crippen LogP contribution in [0.1, 0.15) is 11.1 Å². The van der Waals surface area contributed by atoms with E-state index < -0.39 is 15.9 Å². The highest BCUT2D eigenvalue weighted by atomic mass is 35.5. The van der Waals surface area contributed by atoms with E-state index in [0.29, 0.717) is 33.6 Å². The highest BCUT2D eigenvalue weighted by Crippen LogP contribution is 2.30. The molecule has 33 heavy (non-hydrogen) atoms. The van der Waals surface area contributed by atoms with Crippen molar-refractivity contribution >= 4 is 56.6 Å². The Morgan fingerprint density at radius 3 is 2.33 bits per heavy atom. The number of thioether (sulfide) groups is 1. The van der Waals surface area contributed by atoms with Gasteiger partial charge in [-0.3, -0.25) is 9.10 Å². The van der Waals surface area contributed by atoms with Gasteiger partial charge in [0.25, 0.3) is 10.0 Å². The number of carbonyl (C=O) groups excluding carboxylic acids is 1. The lowest BCUT2D eigenvalue weighted by molar-refractivity contribution is -0.119. The van der Waals surface area contributed by atoms with Crippen LogP contribution >= 0.6 is 35.0 Å².